The molecule has 1 amide bonds. The van der Waals surface area contributed by atoms with Crippen LogP contribution in [0.15, 0.2) is 60.7 Å². The van der Waals surface area contributed by atoms with E-state index < -0.39 is 0 Å². The molecule has 0 aromatic heterocycles. The van der Waals surface area contributed by atoms with Gasteiger partial charge in [0.05, 0.1) is 18.3 Å². The normalized spacial score (nSPS) is 32.4. The summed E-state index contributed by atoms with van der Waals surface area (Å²) in [5.41, 5.74) is 2.27. The molecular formula is C29H37NO4. The van der Waals surface area contributed by atoms with Crippen LogP contribution in [0, 0.1) is 11.8 Å². The topological polar surface area (TPSA) is 67.8 Å². The van der Waals surface area contributed by atoms with Crippen molar-refractivity contribution in [2.24, 2.45) is 11.8 Å². The first-order chi connectivity index (χ1) is 16.6. The van der Waals surface area contributed by atoms with Crippen molar-refractivity contribution in [1.82, 2.24) is 5.32 Å². The summed E-state index contributed by atoms with van der Waals surface area (Å²) in [6.07, 6.45) is 5.49. The van der Waals surface area contributed by atoms with Crippen LogP contribution in [0.4, 0.5) is 0 Å². The third kappa shape index (κ3) is 5.07. The number of carbonyl (C=O) groups excluding carboxylic acids is 1. The number of carbonyl (C=O) groups is 1. The van der Waals surface area contributed by atoms with Crippen molar-refractivity contribution in [3.8, 4) is 0 Å². The second kappa shape index (κ2) is 10.6. The SMILES string of the molecule is O=C(NC[C@]1(c2ccccc2)CC[C@H]2[C@H](CC1)O[C@H](c1ccccc1)C[C@@H]2O)C1CCOCC1. The summed E-state index contributed by atoms with van der Waals surface area (Å²) in [6.45, 7) is 1.97. The summed E-state index contributed by atoms with van der Waals surface area (Å²) in [6, 6.07) is 20.9. The van der Waals surface area contributed by atoms with Crippen LogP contribution >= 0.6 is 0 Å². The molecule has 2 N–H and O–H groups in total. The van der Waals surface area contributed by atoms with Gasteiger partial charge in [0.2, 0.25) is 5.91 Å². The van der Waals surface area contributed by atoms with Crippen LogP contribution in [0.2, 0.25) is 0 Å². The Morgan fingerprint density at radius 3 is 2.35 bits per heavy atom. The van der Waals surface area contributed by atoms with Crippen molar-refractivity contribution in [1.29, 1.82) is 0 Å². The Kier molecular flexibility index (Phi) is 7.33. The maximum atomic E-state index is 13.0. The second-order valence-corrected chi connectivity index (χ2v) is 10.4. The zero-order valence-corrected chi connectivity index (χ0v) is 19.9. The Balaban J connectivity index is 1.33. The number of rotatable bonds is 5. The Morgan fingerprint density at radius 2 is 1.62 bits per heavy atom. The smallest absolute Gasteiger partial charge is 0.223 e. The van der Waals surface area contributed by atoms with E-state index in [9.17, 15) is 9.90 Å². The molecule has 0 bridgehead atoms. The molecule has 1 saturated carbocycles. The monoisotopic (exact) mass is 463 g/mol. The zero-order valence-electron chi connectivity index (χ0n) is 19.9. The molecule has 0 spiro atoms. The molecule has 1 aliphatic carbocycles. The highest BCUT2D eigenvalue weighted by atomic mass is 16.5. The van der Waals surface area contributed by atoms with Crippen LogP contribution < -0.4 is 5.32 Å². The van der Waals surface area contributed by atoms with Gasteiger partial charge in [-0.1, -0.05) is 60.7 Å². The number of hydrogen-bond acceptors (Lipinski definition) is 4. The van der Waals surface area contributed by atoms with Gasteiger partial charge in [-0.25, -0.2) is 0 Å². The van der Waals surface area contributed by atoms with E-state index in [4.69, 9.17) is 9.47 Å². The van der Waals surface area contributed by atoms with Crippen molar-refractivity contribution < 1.29 is 19.4 Å². The molecule has 5 atom stereocenters. The van der Waals surface area contributed by atoms with E-state index in [2.05, 4.69) is 41.7 Å². The first-order valence-corrected chi connectivity index (χ1v) is 12.9. The van der Waals surface area contributed by atoms with Crippen molar-refractivity contribution in [3.63, 3.8) is 0 Å². The van der Waals surface area contributed by atoms with Crippen LogP contribution in [0.25, 0.3) is 0 Å². The highest BCUT2D eigenvalue weighted by Gasteiger charge is 2.44. The number of aliphatic hydroxyl groups is 1. The zero-order chi connectivity index (χ0) is 23.4. The largest absolute Gasteiger partial charge is 0.393 e. The molecule has 3 aliphatic rings. The van der Waals surface area contributed by atoms with E-state index in [0.29, 0.717) is 26.2 Å². The molecule has 0 unspecified atom stereocenters. The lowest BCUT2D eigenvalue weighted by Crippen LogP contribution is -2.43. The minimum atomic E-state index is -0.368. The number of aliphatic hydroxyl groups excluding tert-OH is 1. The molecule has 34 heavy (non-hydrogen) atoms. The summed E-state index contributed by atoms with van der Waals surface area (Å²) in [7, 11) is 0. The Labute approximate surface area is 202 Å². The minimum absolute atomic E-state index is 0.0331. The molecular weight excluding hydrogens is 426 g/mol. The lowest BCUT2D eigenvalue weighted by molar-refractivity contribution is -0.139. The standard InChI is InChI=1S/C29H37NO4/c31-25-19-27(21-7-3-1-4-8-21)34-26-12-16-29(15-11-24(25)26,23-9-5-2-6-10-23)20-30-28(32)22-13-17-33-18-14-22/h1-10,22,24-27,31H,11-20H2,(H,30,32)/t24-,25+,26+,27+,29+/m1/s1. The van der Waals surface area contributed by atoms with E-state index in [0.717, 1.165) is 44.1 Å². The average Bonchev–Trinajstić information content (AvgIpc) is 3.10. The number of amides is 1. The van der Waals surface area contributed by atoms with Crippen molar-refractivity contribution >= 4 is 5.91 Å². The predicted octanol–water partition coefficient (Wildman–Crippen LogP) is 4.55. The number of nitrogens with one attached hydrogen (secondary N) is 1. The van der Waals surface area contributed by atoms with Gasteiger partial charge in [-0.2, -0.15) is 0 Å². The maximum Gasteiger partial charge on any atom is 0.223 e. The van der Waals surface area contributed by atoms with Gasteiger partial charge in [0.15, 0.2) is 0 Å². The van der Waals surface area contributed by atoms with Crippen LogP contribution in [0.3, 0.4) is 0 Å². The summed E-state index contributed by atoms with van der Waals surface area (Å²) in [5, 5.41) is 14.4. The molecule has 3 fully saturated rings. The van der Waals surface area contributed by atoms with Gasteiger partial charge < -0.3 is 19.9 Å². The van der Waals surface area contributed by atoms with E-state index >= 15 is 0 Å². The molecule has 2 saturated heterocycles. The lowest BCUT2D eigenvalue weighted by Gasteiger charge is -2.39. The molecule has 182 valence electrons. The first-order valence-electron chi connectivity index (χ1n) is 12.9. The fraction of sp³-hybridized carbons (Fsp3) is 0.552. The molecule has 5 heteroatoms. The summed E-state index contributed by atoms with van der Waals surface area (Å²) in [4.78, 5) is 13.0. The summed E-state index contributed by atoms with van der Waals surface area (Å²) in [5.74, 6) is 0.337. The third-order valence-electron chi connectivity index (χ3n) is 8.38. The molecule has 2 aliphatic heterocycles. The van der Waals surface area contributed by atoms with Gasteiger partial charge in [-0.3, -0.25) is 4.79 Å². The Bertz CT molecular complexity index is 930. The van der Waals surface area contributed by atoms with E-state index in [1.54, 1.807) is 0 Å². The van der Waals surface area contributed by atoms with Gasteiger partial charge in [0, 0.05) is 43.4 Å². The van der Waals surface area contributed by atoms with Gasteiger partial charge in [-0.15, -0.1) is 0 Å². The summed E-state index contributed by atoms with van der Waals surface area (Å²) >= 11 is 0. The maximum absolute atomic E-state index is 13.0. The molecule has 2 aromatic rings. The van der Waals surface area contributed by atoms with Gasteiger partial charge in [-0.05, 0) is 49.7 Å². The van der Waals surface area contributed by atoms with Gasteiger partial charge >= 0.3 is 0 Å². The lowest BCUT2D eigenvalue weighted by atomic mass is 9.73. The number of ether oxygens (including phenoxy) is 2. The molecule has 2 heterocycles. The predicted molar refractivity (Wildman–Crippen MR) is 131 cm³/mol. The van der Waals surface area contributed by atoms with Crippen LogP contribution in [0.1, 0.15) is 62.2 Å². The molecule has 5 rings (SSSR count). The highest BCUT2D eigenvalue weighted by Crippen LogP contribution is 2.46. The van der Waals surface area contributed by atoms with Crippen LogP contribution in [-0.2, 0) is 19.7 Å². The molecule has 5 nitrogen and oxygen atoms in total. The third-order valence-corrected chi connectivity index (χ3v) is 8.38. The summed E-state index contributed by atoms with van der Waals surface area (Å²) < 4.78 is 12.1. The fourth-order valence-corrected chi connectivity index (χ4v) is 6.26. The number of fused-ring (bicyclic) bond motifs is 1. The highest BCUT2D eigenvalue weighted by molar-refractivity contribution is 5.78. The Hall–Kier alpha value is -2.21. The van der Waals surface area contributed by atoms with Gasteiger partial charge in [0.1, 0.15) is 0 Å². The average molecular weight is 464 g/mol. The number of benzene rings is 2. The van der Waals surface area contributed by atoms with Crippen molar-refractivity contribution in [2.45, 2.75) is 68.7 Å². The first kappa shape index (κ1) is 23.5. The van der Waals surface area contributed by atoms with Crippen LogP contribution in [0.5, 0.6) is 0 Å². The van der Waals surface area contributed by atoms with E-state index in [1.165, 1.54) is 5.56 Å². The van der Waals surface area contributed by atoms with E-state index in [-0.39, 0.29) is 41.5 Å². The number of hydrogen-bond donors (Lipinski definition) is 2. The Morgan fingerprint density at radius 1 is 0.941 bits per heavy atom. The van der Waals surface area contributed by atoms with Crippen molar-refractivity contribution in [2.75, 3.05) is 19.8 Å². The minimum Gasteiger partial charge on any atom is -0.393 e. The quantitative estimate of drug-likeness (QED) is 0.683. The second-order valence-electron chi connectivity index (χ2n) is 10.4. The fourth-order valence-electron chi connectivity index (χ4n) is 6.26. The van der Waals surface area contributed by atoms with Crippen molar-refractivity contribution in [3.05, 3.63) is 71.8 Å². The molecule has 0 radical (unpaired) electrons. The molecule has 2 aromatic carbocycles. The van der Waals surface area contributed by atoms with Crippen LogP contribution in [-0.4, -0.2) is 43.0 Å². The van der Waals surface area contributed by atoms with E-state index in [1.807, 2.05) is 24.3 Å². The van der Waals surface area contributed by atoms with Gasteiger partial charge in [0.25, 0.3) is 0 Å².